The summed E-state index contributed by atoms with van der Waals surface area (Å²) in [5, 5.41) is 3.33. The van der Waals surface area contributed by atoms with Crippen LogP contribution in [0.15, 0.2) is 81.1 Å². The van der Waals surface area contributed by atoms with Gasteiger partial charge in [-0.2, -0.15) is 0 Å². The molecule has 3 aromatic carbocycles. The van der Waals surface area contributed by atoms with E-state index in [4.69, 9.17) is 14.2 Å². The van der Waals surface area contributed by atoms with Crippen molar-refractivity contribution >= 4 is 50.5 Å². The van der Waals surface area contributed by atoms with E-state index in [0.717, 1.165) is 27.0 Å². The maximum atomic E-state index is 12.5. The average molecular weight is 539 g/mol. The lowest BCUT2D eigenvalue weighted by Crippen LogP contribution is -2.19. The molecule has 1 amide bonds. The number of benzene rings is 3. The molecule has 0 unspecified atom stereocenters. The van der Waals surface area contributed by atoms with Gasteiger partial charge < -0.3 is 19.5 Å². The molecule has 0 aromatic heterocycles. The monoisotopic (exact) mass is 538 g/mol. The van der Waals surface area contributed by atoms with Crippen molar-refractivity contribution in [2.75, 3.05) is 13.7 Å². The zero-order valence-corrected chi connectivity index (χ0v) is 21.1. The summed E-state index contributed by atoms with van der Waals surface area (Å²) in [6.07, 6.45) is 1.80. The van der Waals surface area contributed by atoms with Gasteiger partial charge in [0, 0.05) is 4.47 Å². The van der Waals surface area contributed by atoms with Crippen LogP contribution in [0, 0.1) is 0 Å². The number of nitrogens with one attached hydrogen (secondary N) is 1. The third-order valence-electron chi connectivity index (χ3n) is 4.84. The number of nitrogens with zero attached hydrogens (tertiary/aromatic N) is 1. The number of carbonyl (C=O) groups is 1. The van der Waals surface area contributed by atoms with Crippen molar-refractivity contribution < 1.29 is 19.0 Å². The van der Waals surface area contributed by atoms with Crippen molar-refractivity contribution in [3.8, 4) is 17.2 Å². The summed E-state index contributed by atoms with van der Waals surface area (Å²) in [6, 6.07) is 21.0. The lowest BCUT2D eigenvalue weighted by atomic mass is 10.2. The normalized spacial score (nSPS) is 15.4. The van der Waals surface area contributed by atoms with Crippen LogP contribution in [0.3, 0.4) is 0 Å². The molecule has 1 fully saturated rings. The van der Waals surface area contributed by atoms with Gasteiger partial charge in [0.05, 0.1) is 24.3 Å². The highest BCUT2D eigenvalue weighted by Gasteiger charge is 2.24. The van der Waals surface area contributed by atoms with Gasteiger partial charge in [0.15, 0.2) is 16.7 Å². The van der Waals surface area contributed by atoms with E-state index in [1.807, 2.05) is 73.7 Å². The average Bonchev–Trinajstić information content (AvgIpc) is 3.19. The van der Waals surface area contributed by atoms with Crippen LogP contribution in [-0.2, 0) is 11.4 Å². The SMILES string of the molecule is CCOc1ccc(N=C2NC(=O)/C(=C\c3cc(OC)c(OCc4ccccc4)cc3Br)S2)cc1. The van der Waals surface area contributed by atoms with Crippen molar-refractivity contribution in [1.82, 2.24) is 5.32 Å². The fraction of sp³-hybridized carbons (Fsp3) is 0.154. The number of ether oxygens (including phenoxy) is 3. The molecule has 0 radical (unpaired) electrons. The van der Waals surface area contributed by atoms with Crippen LogP contribution < -0.4 is 19.5 Å². The molecule has 6 nitrogen and oxygen atoms in total. The molecule has 1 heterocycles. The smallest absolute Gasteiger partial charge is 0.264 e. The summed E-state index contributed by atoms with van der Waals surface area (Å²) in [5.41, 5.74) is 2.59. The molecule has 0 spiro atoms. The van der Waals surface area contributed by atoms with Gasteiger partial charge in [-0.1, -0.05) is 46.3 Å². The van der Waals surface area contributed by atoms with E-state index in [1.54, 1.807) is 13.2 Å². The van der Waals surface area contributed by atoms with E-state index >= 15 is 0 Å². The van der Waals surface area contributed by atoms with Crippen LogP contribution in [0.2, 0.25) is 0 Å². The highest BCUT2D eigenvalue weighted by atomic mass is 79.9. The minimum Gasteiger partial charge on any atom is -0.494 e. The van der Waals surface area contributed by atoms with Gasteiger partial charge in [0.2, 0.25) is 0 Å². The Morgan fingerprint density at radius 1 is 1.03 bits per heavy atom. The standard InChI is InChI=1S/C26H23BrN2O4S/c1-3-32-20-11-9-19(10-12-20)28-26-29-25(30)24(34-26)14-18-13-22(31-2)23(15-21(18)27)33-16-17-7-5-4-6-8-17/h4-15H,3,16H2,1-2H3,(H,28,29,30)/b24-14+. The van der Waals surface area contributed by atoms with Gasteiger partial charge in [0.25, 0.3) is 5.91 Å². The fourth-order valence-corrected chi connectivity index (χ4v) is 4.46. The second-order valence-corrected chi connectivity index (χ2v) is 9.09. The lowest BCUT2D eigenvalue weighted by molar-refractivity contribution is -0.115. The maximum Gasteiger partial charge on any atom is 0.264 e. The number of hydrogen-bond acceptors (Lipinski definition) is 6. The van der Waals surface area contributed by atoms with Gasteiger partial charge in [-0.15, -0.1) is 0 Å². The van der Waals surface area contributed by atoms with Gasteiger partial charge in [-0.3, -0.25) is 4.79 Å². The van der Waals surface area contributed by atoms with Crippen LogP contribution in [0.25, 0.3) is 6.08 Å². The Hall–Kier alpha value is -3.23. The van der Waals surface area contributed by atoms with Crippen molar-refractivity contribution in [3.05, 3.63) is 87.2 Å². The first kappa shape index (κ1) is 23.9. The third-order valence-corrected chi connectivity index (χ3v) is 6.43. The quantitative estimate of drug-likeness (QED) is 0.339. The lowest BCUT2D eigenvalue weighted by Gasteiger charge is -2.13. The van der Waals surface area contributed by atoms with Gasteiger partial charge in [-0.25, -0.2) is 4.99 Å². The molecule has 4 rings (SSSR count). The second-order valence-electron chi connectivity index (χ2n) is 7.21. The van der Waals surface area contributed by atoms with Crippen molar-refractivity contribution in [1.29, 1.82) is 0 Å². The molecule has 1 aliphatic heterocycles. The first-order valence-corrected chi connectivity index (χ1v) is 12.2. The van der Waals surface area contributed by atoms with E-state index < -0.39 is 0 Å². The first-order chi connectivity index (χ1) is 16.6. The van der Waals surface area contributed by atoms with Crippen LogP contribution >= 0.6 is 27.7 Å². The van der Waals surface area contributed by atoms with Crippen LogP contribution in [0.1, 0.15) is 18.1 Å². The van der Waals surface area contributed by atoms with Gasteiger partial charge in [0.1, 0.15) is 12.4 Å². The largest absolute Gasteiger partial charge is 0.494 e. The van der Waals surface area contributed by atoms with E-state index in [-0.39, 0.29) is 5.91 Å². The molecule has 8 heteroatoms. The molecule has 0 saturated carbocycles. The molecule has 1 N–H and O–H groups in total. The highest BCUT2D eigenvalue weighted by molar-refractivity contribution is 9.10. The Balaban J connectivity index is 1.50. The molecule has 0 bridgehead atoms. The Morgan fingerprint density at radius 2 is 1.79 bits per heavy atom. The summed E-state index contributed by atoms with van der Waals surface area (Å²) >= 11 is 4.87. The predicted octanol–water partition coefficient (Wildman–Crippen LogP) is 6.33. The predicted molar refractivity (Wildman–Crippen MR) is 140 cm³/mol. The molecule has 1 saturated heterocycles. The van der Waals surface area contributed by atoms with Crippen LogP contribution in [0.4, 0.5) is 5.69 Å². The topological polar surface area (TPSA) is 69.2 Å². The van der Waals surface area contributed by atoms with Crippen molar-refractivity contribution in [2.45, 2.75) is 13.5 Å². The van der Waals surface area contributed by atoms with Crippen LogP contribution in [0.5, 0.6) is 17.2 Å². The fourth-order valence-electron chi connectivity index (χ4n) is 3.19. The number of rotatable bonds is 8. The van der Waals surface area contributed by atoms with E-state index in [9.17, 15) is 4.79 Å². The van der Waals surface area contributed by atoms with E-state index in [2.05, 4.69) is 26.2 Å². The Bertz CT molecular complexity index is 1230. The Morgan fingerprint density at radius 3 is 2.50 bits per heavy atom. The number of thioether (sulfide) groups is 1. The zero-order chi connectivity index (χ0) is 23.9. The highest BCUT2D eigenvalue weighted by Crippen LogP contribution is 2.37. The molecule has 34 heavy (non-hydrogen) atoms. The summed E-state index contributed by atoms with van der Waals surface area (Å²) in [7, 11) is 1.59. The van der Waals surface area contributed by atoms with Crippen molar-refractivity contribution in [2.24, 2.45) is 4.99 Å². The molecule has 174 valence electrons. The van der Waals surface area contributed by atoms with Crippen LogP contribution in [-0.4, -0.2) is 24.8 Å². The van der Waals surface area contributed by atoms with Gasteiger partial charge in [-0.05, 0) is 72.3 Å². The molecule has 1 aliphatic rings. The summed E-state index contributed by atoms with van der Waals surface area (Å²) < 4.78 is 17.7. The molecular weight excluding hydrogens is 516 g/mol. The van der Waals surface area contributed by atoms with Crippen molar-refractivity contribution in [3.63, 3.8) is 0 Å². The Labute approximate surface area is 211 Å². The van der Waals surface area contributed by atoms with Gasteiger partial charge >= 0.3 is 0 Å². The second kappa shape index (κ2) is 11.3. The minimum atomic E-state index is -0.204. The van der Waals surface area contributed by atoms with E-state index in [0.29, 0.717) is 34.8 Å². The number of amidine groups is 1. The Kier molecular flexibility index (Phi) is 7.92. The molecular formula is C26H23BrN2O4S. The minimum absolute atomic E-state index is 0.204. The third kappa shape index (κ3) is 6.01. The molecule has 3 aromatic rings. The number of carbonyl (C=O) groups excluding carboxylic acids is 1. The molecule has 0 atom stereocenters. The number of aliphatic imine (C=N–C) groups is 1. The molecule has 0 aliphatic carbocycles. The summed E-state index contributed by atoms with van der Waals surface area (Å²) in [6.45, 7) is 2.97. The summed E-state index contributed by atoms with van der Waals surface area (Å²) in [4.78, 5) is 17.6. The number of hydrogen-bond donors (Lipinski definition) is 1. The number of halogens is 1. The first-order valence-electron chi connectivity index (χ1n) is 10.6. The van der Waals surface area contributed by atoms with E-state index in [1.165, 1.54) is 11.8 Å². The maximum absolute atomic E-state index is 12.5. The number of amides is 1. The zero-order valence-electron chi connectivity index (χ0n) is 18.7. The summed E-state index contributed by atoms with van der Waals surface area (Å²) in [5.74, 6) is 1.77. The number of methoxy groups -OCH3 is 1.